The summed E-state index contributed by atoms with van der Waals surface area (Å²) in [5, 5.41) is 18.4. The van der Waals surface area contributed by atoms with Gasteiger partial charge in [0, 0.05) is 13.0 Å². The Hall–Kier alpha value is -2.36. The zero-order valence-corrected chi connectivity index (χ0v) is 38.8. The fraction of sp³-hybridized carbons (Fsp3) is 0.700. The van der Waals surface area contributed by atoms with Crippen LogP contribution in [0.1, 0.15) is 181 Å². The topological polar surface area (TPSA) is 132 Å². The van der Waals surface area contributed by atoms with Crippen LogP contribution in [0.15, 0.2) is 85.1 Å². The highest BCUT2D eigenvalue weighted by atomic mass is 31.2. The zero-order chi connectivity index (χ0) is 43.9. The highest BCUT2D eigenvalue weighted by molar-refractivity contribution is 7.47. The molecule has 3 N–H and O–H groups in total. The van der Waals surface area contributed by atoms with Crippen molar-refractivity contribution in [1.29, 1.82) is 0 Å². The van der Waals surface area contributed by atoms with Crippen LogP contribution >= 0.6 is 7.82 Å². The maximum absolute atomic E-state index is 12.7. The normalized spacial score (nSPS) is 14.7. The third-order valence-corrected chi connectivity index (χ3v) is 10.5. The average Bonchev–Trinajstić information content (AvgIpc) is 3.24. The molecule has 10 heteroatoms. The number of aliphatic hydroxyl groups excluding tert-OH is 2. The van der Waals surface area contributed by atoms with Crippen LogP contribution in [-0.4, -0.2) is 66.3 Å². The molecular weight excluding hydrogens is 776 g/mol. The van der Waals surface area contributed by atoms with E-state index in [2.05, 4.69) is 98.9 Å². The van der Waals surface area contributed by atoms with Crippen molar-refractivity contribution in [2.75, 3.05) is 33.0 Å². The van der Waals surface area contributed by atoms with Gasteiger partial charge in [0.05, 0.1) is 26.4 Å². The summed E-state index contributed by atoms with van der Waals surface area (Å²) in [5.41, 5.74) is 0. The maximum Gasteiger partial charge on any atom is 0.472 e. The molecule has 0 spiro atoms. The smallest absolute Gasteiger partial charge is 0.457 e. The maximum atomic E-state index is 12.7. The van der Waals surface area contributed by atoms with E-state index >= 15 is 0 Å². The number of hydrogen-bond donors (Lipinski definition) is 3. The van der Waals surface area contributed by atoms with E-state index in [-0.39, 0.29) is 19.6 Å². The molecule has 9 nitrogen and oxygen atoms in total. The van der Waals surface area contributed by atoms with E-state index in [0.29, 0.717) is 13.0 Å². The second-order valence-corrected chi connectivity index (χ2v) is 16.8. The van der Waals surface area contributed by atoms with Gasteiger partial charge in [-0.05, 0) is 83.5 Å². The van der Waals surface area contributed by atoms with Gasteiger partial charge in [-0.1, -0.05) is 176 Å². The van der Waals surface area contributed by atoms with Crippen LogP contribution in [0.3, 0.4) is 0 Å². The van der Waals surface area contributed by atoms with E-state index in [1.807, 2.05) is 0 Å². The molecule has 0 saturated heterocycles. The SMILES string of the molecule is CC/C=C\C/C=C\C/C=C\C/C=C\CCCCCCCCCCCOCC(COP(=O)(O)OCC(O)CO)OC(=O)CCCCCCCCC/C=C\C/C=C\C/C=C\CC. The number of phosphoric acid groups is 1. The van der Waals surface area contributed by atoms with Crippen molar-refractivity contribution < 1.29 is 43.0 Å². The van der Waals surface area contributed by atoms with Crippen LogP contribution in [0.25, 0.3) is 0 Å². The number of unbranched alkanes of at least 4 members (excludes halogenated alkanes) is 16. The van der Waals surface area contributed by atoms with Crippen LogP contribution < -0.4 is 0 Å². The Labute approximate surface area is 366 Å². The second kappa shape index (κ2) is 46.2. The predicted molar refractivity (Wildman–Crippen MR) is 251 cm³/mol. The molecule has 0 radical (unpaired) electrons. The standard InChI is InChI=1S/C50H87O9P/c1-3-5-7-9-11-13-15-17-19-21-22-23-24-25-27-29-31-33-35-37-39-41-43-56-46-49(47-58-60(54,55)57-45-48(52)44-51)59-50(53)42-40-38-36-34-32-30-28-26-20-18-16-14-12-10-8-6-4-2/h5-8,11-14,17-20,22-23,48-49,51-52H,3-4,9-10,15-16,21,24-47H2,1-2H3,(H,54,55)/b7-5-,8-6-,13-11-,14-12-,19-17-,20-18-,23-22-. The summed E-state index contributed by atoms with van der Waals surface area (Å²) < 4.78 is 33.5. The van der Waals surface area contributed by atoms with Crippen LogP contribution in [0, 0.1) is 0 Å². The molecule has 0 saturated carbocycles. The lowest BCUT2D eigenvalue weighted by atomic mass is 10.1. The van der Waals surface area contributed by atoms with E-state index in [1.165, 1.54) is 57.8 Å². The first-order valence-corrected chi connectivity index (χ1v) is 25.1. The van der Waals surface area contributed by atoms with Crippen molar-refractivity contribution in [2.24, 2.45) is 0 Å². The first kappa shape index (κ1) is 57.6. The molecule has 346 valence electrons. The summed E-state index contributed by atoms with van der Waals surface area (Å²) in [6.45, 7) is 3.26. The Kier molecular flexibility index (Phi) is 44.3. The summed E-state index contributed by atoms with van der Waals surface area (Å²) in [5.74, 6) is -0.398. The largest absolute Gasteiger partial charge is 0.472 e. The highest BCUT2D eigenvalue weighted by Gasteiger charge is 2.26. The minimum atomic E-state index is -4.53. The molecule has 0 rings (SSSR count). The molecule has 0 aromatic rings. The third kappa shape index (κ3) is 45.2. The molecule has 0 aromatic heterocycles. The Morgan fingerprint density at radius 1 is 0.517 bits per heavy atom. The summed E-state index contributed by atoms with van der Waals surface area (Å²) in [6, 6.07) is 0. The number of phosphoric ester groups is 1. The van der Waals surface area contributed by atoms with Gasteiger partial charge in [-0.2, -0.15) is 0 Å². The van der Waals surface area contributed by atoms with E-state index in [9.17, 15) is 19.4 Å². The molecule has 0 aliphatic carbocycles. The number of aliphatic hydroxyl groups is 2. The zero-order valence-electron chi connectivity index (χ0n) is 37.9. The number of rotatable bonds is 44. The van der Waals surface area contributed by atoms with Gasteiger partial charge >= 0.3 is 13.8 Å². The first-order chi connectivity index (χ1) is 29.3. The monoisotopic (exact) mass is 863 g/mol. The number of ether oxygens (including phenoxy) is 2. The predicted octanol–water partition coefficient (Wildman–Crippen LogP) is 13.5. The Bertz CT molecular complexity index is 1210. The second-order valence-electron chi connectivity index (χ2n) is 15.4. The number of hydrogen-bond acceptors (Lipinski definition) is 8. The Balaban J connectivity index is 4.15. The molecule has 0 aliphatic rings. The molecule has 0 fully saturated rings. The van der Waals surface area contributed by atoms with Crippen molar-refractivity contribution in [3.05, 3.63) is 85.1 Å². The van der Waals surface area contributed by atoms with Crippen molar-refractivity contribution in [3.63, 3.8) is 0 Å². The van der Waals surface area contributed by atoms with Gasteiger partial charge in [0.1, 0.15) is 12.2 Å². The van der Waals surface area contributed by atoms with Crippen molar-refractivity contribution in [1.82, 2.24) is 0 Å². The lowest BCUT2D eigenvalue weighted by molar-refractivity contribution is -0.154. The van der Waals surface area contributed by atoms with Crippen LogP contribution in [0.5, 0.6) is 0 Å². The number of allylic oxidation sites excluding steroid dienone is 14. The fourth-order valence-electron chi connectivity index (χ4n) is 6.07. The van der Waals surface area contributed by atoms with Crippen molar-refractivity contribution in [2.45, 2.75) is 193 Å². The van der Waals surface area contributed by atoms with Crippen molar-refractivity contribution in [3.8, 4) is 0 Å². The van der Waals surface area contributed by atoms with Crippen LogP contribution in [0.4, 0.5) is 0 Å². The molecular formula is C50H87O9P. The molecule has 3 unspecified atom stereocenters. The van der Waals surface area contributed by atoms with Gasteiger partial charge in [-0.3, -0.25) is 13.8 Å². The summed E-state index contributed by atoms with van der Waals surface area (Å²) >= 11 is 0. The minimum absolute atomic E-state index is 0.0362. The molecule has 3 atom stereocenters. The minimum Gasteiger partial charge on any atom is -0.457 e. The molecule has 60 heavy (non-hydrogen) atoms. The summed E-state index contributed by atoms with van der Waals surface area (Å²) in [4.78, 5) is 22.6. The van der Waals surface area contributed by atoms with E-state index < -0.39 is 39.2 Å². The highest BCUT2D eigenvalue weighted by Crippen LogP contribution is 2.43. The Morgan fingerprint density at radius 3 is 1.35 bits per heavy atom. The van der Waals surface area contributed by atoms with Crippen molar-refractivity contribution >= 4 is 13.8 Å². The van der Waals surface area contributed by atoms with Gasteiger partial charge in [-0.15, -0.1) is 0 Å². The number of carbonyl (C=O) groups excluding carboxylic acids is 1. The van der Waals surface area contributed by atoms with Gasteiger partial charge in [-0.25, -0.2) is 4.57 Å². The average molecular weight is 863 g/mol. The van der Waals surface area contributed by atoms with E-state index in [0.717, 1.165) is 96.3 Å². The first-order valence-electron chi connectivity index (χ1n) is 23.6. The lowest BCUT2D eigenvalue weighted by Gasteiger charge is -2.20. The third-order valence-electron chi connectivity index (χ3n) is 9.58. The molecule has 0 amide bonds. The summed E-state index contributed by atoms with van der Waals surface area (Å²) in [7, 11) is -4.53. The lowest BCUT2D eigenvalue weighted by Crippen LogP contribution is -2.29. The van der Waals surface area contributed by atoms with Crippen LogP contribution in [0.2, 0.25) is 0 Å². The fourth-order valence-corrected chi connectivity index (χ4v) is 6.86. The molecule has 0 bridgehead atoms. The van der Waals surface area contributed by atoms with Gasteiger partial charge in [0.15, 0.2) is 0 Å². The van der Waals surface area contributed by atoms with E-state index in [4.69, 9.17) is 23.6 Å². The van der Waals surface area contributed by atoms with Gasteiger partial charge in [0.2, 0.25) is 0 Å². The van der Waals surface area contributed by atoms with Gasteiger partial charge in [0.25, 0.3) is 0 Å². The quantitative estimate of drug-likeness (QED) is 0.0237. The Morgan fingerprint density at radius 2 is 0.900 bits per heavy atom. The number of carbonyl (C=O) groups is 1. The molecule has 0 aliphatic heterocycles. The molecule has 0 heterocycles. The van der Waals surface area contributed by atoms with Crippen LogP contribution in [-0.2, 0) is 27.9 Å². The van der Waals surface area contributed by atoms with E-state index in [1.54, 1.807) is 0 Å². The molecule has 0 aromatic carbocycles. The summed E-state index contributed by atoms with van der Waals surface area (Å²) in [6.07, 6.45) is 56.8. The van der Waals surface area contributed by atoms with Gasteiger partial charge < -0.3 is 24.6 Å². The number of esters is 1.